The zero-order valence-corrected chi connectivity index (χ0v) is 26.2. The van der Waals surface area contributed by atoms with Crippen LogP contribution in [-0.4, -0.2) is 13.7 Å². The summed E-state index contributed by atoms with van der Waals surface area (Å²) < 4.78 is 6.74. The fourth-order valence-electron chi connectivity index (χ4n) is 7.58. The van der Waals surface area contributed by atoms with Gasteiger partial charge in [0.05, 0.1) is 68.6 Å². The van der Waals surface area contributed by atoms with Crippen LogP contribution in [0.3, 0.4) is 0 Å². The summed E-state index contributed by atoms with van der Waals surface area (Å²) in [6.07, 6.45) is 0. The van der Waals surface area contributed by atoms with Crippen molar-refractivity contribution >= 4 is 65.4 Å². The maximum absolute atomic E-state index is 9.65. The predicted octanol–water partition coefficient (Wildman–Crippen LogP) is 9.50. The summed E-state index contributed by atoms with van der Waals surface area (Å²) in [6, 6.07) is 45.0. The highest BCUT2D eigenvalue weighted by Crippen LogP contribution is 2.39. The molecule has 0 unspecified atom stereocenters. The van der Waals surface area contributed by atoms with Crippen molar-refractivity contribution in [3.05, 3.63) is 131 Å². The number of nitrogens with zero attached hydrogens (tertiary/aromatic N) is 7. The Labute approximate surface area is 280 Å². The van der Waals surface area contributed by atoms with E-state index in [1.165, 1.54) is 0 Å². The zero-order valence-electron chi connectivity index (χ0n) is 26.2. The van der Waals surface area contributed by atoms with Crippen LogP contribution in [0.15, 0.2) is 109 Å². The van der Waals surface area contributed by atoms with Crippen molar-refractivity contribution in [3.63, 3.8) is 0 Å². The molecule has 0 atom stereocenters. The average molecular weight is 626 g/mol. The highest BCUT2D eigenvalue weighted by Gasteiger charge is 2.19. The van der Waals surface area contributed by atoms with E-state index in [1.54, 1.807) is 0 Å². The van der Waals surface area contributed by atoms with Crippen LogP contribution in [0.25, 0.3) is 76.8 Å². The third kappa shape index (κ3) is 3.92. The van der Waals surface area contributed by atoms with Crippen LogP contribution in [0, 0.1) is 45.3 Å². The Morgan fingerprint density at radius 3 is 0.959 bits per heavy atom. The van der Waals surface area contributed by atoms with Gasteiger partial charge < -0.3 is 13.7 Å². The van der Waals surface area contributed by atoms with Crippen LogP contribution >= 0.6 is 0 Å². The monoisotopic (exact) mass is 625 g/mol. The molecule has 0 saturated carbocycles. The van der Waals surface area contributed by atoms with Crippen molar-refractivity contribution in [1.29, 1.82) is 21.0 Å². The Balaban J connectivity index is 1.33. The lowest BCUT2D eigenvalue weighted by Crippen LogP contribution is -1.96. The Hall–Kier alpha value is -7.32. The summed E-state index contributed by atoms with van der Waals surface area (Å²) in [5, 5.41) is 44.5. The molecule has 9 aromatic rings. The van der Waals surface area contributed by atoms with Crippen molar-refractivity contribution in [2.75, 3.05) is 0 Å². The molecule has 0 aliphatic carbocycles. The van der Waals surface area contributed by atoms with Crippen molar-refractivity contribution in [2.24, 2.45) is 0 Å². The first-order chi connectivity index (χ1) is 24.0. The maximum Gasteiger partial charge on any atom is 0.0991 e. The van der Waals surface area contributed by atoms with Crippen LogP contribution in [-0.2, 0) is 6.54 Å². The molecule has 49 heavy (non-hydrogen) atoms. The molecule has 0 radical (unpaired) electrons. The van der Waals surface area contributed by atoms with E-state index in [-0.39, 0.29) is 0 Å². The van der Waals surface area contributed by atoms with Gasteiger partial charge in [0.2, 0.25) is 0 Å². The molecule has 226 valence electrons. The minimum atomic E-state index is 0.570. The smallest absolute Gasteiger partial charge is 0.0991 e. The number of fused-ring (bicyclic) bond motifs is 9. The molecule has 0 aliphatic heterocycles. The van der Waals surface area contributed by atoms with E-state index < -0.39 is 0 Å². The number of aromatic nitrogens is 3. The number of rotatable bonds is 3. The second-order valence-electron chi connectivity index (χ2n) is 12.2. The van der Waals surface area contributed by atoms with Crippen LogP contribution in [0.5, 0.6) is 0 Å². The van der Waals surface area contributed by atoms with E-state index >= 15 is 0 Å². The Bertz CT molecular complexity index is 2740. The van der Waals surface area contributed by atoms with Gasteiger partial charge in [0, 0.05) is 61.3 Å². The van der Waals surface area contributed by atoms with Gasteiger partial charge in [0.15, 0.2) is 0 Å². The molecule has 7 heteroatoms. The molecule has 0 spiro atoms. The van der Waals surface area contributed by atoms with Gasteiger partial charge in [-0.1, -0.05) is 0 Å². The van der Waals surface area contributed by atoms with Crippen molar-refractivity contribution in [2.45, 2.75) is 13.5 Å². The number of benzene rings is 6. The predicted molar refractivity (Wildman–Crippen MR) is 193 cm³/mol. The van der Waals surface area contributed by atoms with Gasteiger partial charge in [-0.3, -0.25) is 0 Å². The summed E-state index contributed by atoms with van der Waals surface area (Å²) in [6.45, 7) is 2.95. The second-order valence-corrected chi connectivity index (χ2v) is 12.2. The SMILES string of the molecule is CCn1c2ccc(-n3c4ccc(C#N)cc4c4cc(C#N)ccc43)cc2c2cc(-n3c4ccc(C#N)cc4c4cc(C#N)ccc43)ccc21. The highest BCUT2D eigenvalue weighted by molar-refractivity contribution is 6.14. The van der Waals surface area contributed by atoms with Gasteiger partial charge in [-0.2, -0.15) is 21.0 Å². The van der Waals surface area contributed by atoms with Gasteiger partial charge in [-0.25, -0.2) is 0 Å². The molecule has 0 saturated heterocycles. The highest BCUT2D eigenvalue weighted by atomic mass is 15.0. The van der Waals surface area contributed by atoms with Crippen LogP contribution in [0.4, 0.5) is 0 Å². The third-order valence-electron chi connectivity index (χ3n) is 9.71. The summed E-state index contributed by atoms with van der Waals surface area (Å²) >= 11 is 0. The minimum Gasteiger partial charge on any atom is -0.341 e. The van der Waals surface area contributed by atoms with Crippen molar-refractivity contribution in [1.82, 2.24) is 13.7 Å². The molecule has 0 N–H and O–H groups in total. The molecule has 0 bridgehead atoms. The lowest BCUT2D eigenvalue weighted by Gasteiger charge is -2.10. The van der Waals surface area contributed by atoms with Crippen LogP contribution in [0.1, 0.15) is 29.2 Å². The Kier molecular flexibility index (Phi) is 5.90. The van der Waals surface area contributed by atoms with E-state index in [9.17, 15) is 21.0 Å². The molecular formula is C42H23N7. The Morgan fingerprint density at radius 2 is 0.673 bits per heavy atom. The van der Waals surface area contributed by atoms with E-state index in [0.29, 0.717) is 22.3 Å². The number of hydrogen-bond acceptors (Lipinski definition) is 4. The first kappa shape index (κ1) is 27.9. The standard InChI is InChI=1S/C42H23N7/c1-2-47-37-13-7-29(48-39-9-3-25(21-43)15-31(39)32-16-26(22-44)4-10-40(32)48)19-35(37)36-20-30(8-14-38(36)47)49-41-11-5-27(23-45)17-33(41)34-18-28(24-46)6-12-42(34)49/h3-20H,2H2,1H3. The number of nitriles is 4. The quantitative estimate of drug-likeness (QED) is 0.195. The normalized spacial score (nSPS) is 11.4. The molecule has 0 amide bonds. The lowest BCUT2D eigenvalue weighted by atomic mass is 10.1. The number of hydrogen-bond donors (Lipinski definition) is 0. The molecule has 0 fully saturated rings. The fourth-order valence-corrected chi connectivity index (χ4v) is 7.58. The van der Waals surface area contributed by atoms with Gasteiger partial charge >= 0.3 is 0 Å². The Morgan fingerprint density at radius 1 is 0.388 bits per heavy atom. The zero-order chi connectivity index (χ0) is 33.4. The van der Waals surface area contributed by atoms with Crippen LogP contribution in [0.2, 0.25) is 0 Å². The molecule has 3 heterocycles. The molecule has 7 nitrogen and oxygen atoms in total. The third-order valence-corrected chi connectivity index (χ3v) is 9.71. The maximum atomic E-state index is 9.65. The van der Waals surface area contributed by atoms with Gasteiger partial charge in [-0.05, 0) is 116 Å². The molecule has 6 aromatic carbocycles. The van der Waals surface area contributed by atoms with E-state index in [4.69, 9.17) is 0 Å². The summed E-state index contributed by atoms with van der Waals surface area (Å²) in [4.78, 5) is 0. The topological polar surface area (TPSA) is 110 Å². The van der Waals surface area contributed by atoms with Gasteiger partial charge in [0.1, 0.15) is 0 Å². The van der Waals surface area contributed by atoms with E-state index in [2.05, 4.69) is 81.3 Å². The van der Waals surface area contributed by atoms with E-state index in [1.807, 2.05) is 72.8 Å². The molecule has 9 rings (SSSR count). The molecule has 3 aromatic heterocycles. The van der Waals surface area contributed by atoms with Gasteiger partial charge in [-0.15, -0.1) is 0 Å². The van der Waals surface area contributed by atoms with Crippen molar-refractivity contribution < 1.29 is 0 Å². The minimum absolute atomic E-state index is 0.570. The molecular weight excluding hydrogens is 603 g/mol. The summed E-state index contributed by atoms with van der Waals surface area (Å²) in [7, 11) is 0. The lowest BCUT2D eigenvalue weighted by molar-refractivity contribution is 0.827. The largest absolute Gasteiger partial charge is 0.341 e. The van der Waals surface area contributed by atoms with Crippen molar-refractivity contribution in [3.8, 4) is 35.7 Å². The van der Waals surface area contributed by atoms with Gasteiger partial charge in [0.25, 0.3) is 0 Å². The summed E-state index contributed by atoms with van der Waals surface area (Å²) in [5.41, 5.74) is 10.3. The van der Waals surface area contributed by atoms with E-state index in [0.717, 1.165) is 83.3 Å². The summed E-state index contributed by atoms with van der Waals surface area (Å²) in [5.74, 6) is 0. The average Bonchev–Trinajstić information content (AvgIpc) is 3.77. The molecule has 0 aliphatic rings. The first-order valence-corrected chi connectivity index (χ1v) is 15.9. The first-order valence-electron chi connectivity index (χ1n) is 15.9. The second kappa shape index (κ2) is 10.3. The number of aryl methyl sites for hydroxylation is 1. The fraction of sp³-hybridized carbons (Fsp3) is 0.0476. The van der Waals surface area contributed by atoms with Crippen LogP contribution < -0.4 is 0 Å².